The summed E-state index contributed by atoms with van der Waals surface area (Å²) in [7, 11) is 1.85. The number of rotatable bonds is 2. The van der Waals surface area contributed by atoms with Crippen LogP contribution >= 0.6 is 22.6 Å². The molecule has 4 nitrogen and oxygen atoms in total. The molecule has 0 radical (unpaired) electrons. The second-order valence-electron chi connectivity index (χ2n) is 3.30. The molecule has 1 N–H and O–H groups in total. The van der Waals surface area contributed by atoms with E-state index in [4.69, 9.17) is 0 Å². The molecule has 0 amide bonds. The predicted octanol–water partition coefficient (Wildman–Crippen LogP) is 2.49. The standard InChI is InChI=1S/C11H11IN4/c1-7-4-3-5-9(15-7)11-14-6-8(12)10(13-2)16-11/h3-6H,1-2H3,(H,13,14,16). The SMILES string of the molecule is CNc1nc(-c2cccc(C)n2)ncc1I. The summed E-state index contributed by atoms with van der Waals surface area (Å²) in [5.74, 6) is 1.47. The predicted molar refractivity (Wildman–Crippen MR) is 72.3 cm³/mol. The molecular weight excluding hydrogens is 315 g/mol. The van der Waals surface area contributed by atoms with Crippen LogP contribution in [0.15, 0.2) is 24.4 Å². The number of nitrogens with one attached hydrogen (secondary N) is 1. The van der Waals surface area contributed by atoms with Gasteiger partial charge in [0.1, 0.15) is 11.5 Å². The Morgan fingerprint density at radius 2 is 2.06 bits per heavy atom. The third kappa shape index (κ3) is 2.29. The Morgan fingerprint density at radius 3 is 2.75 bits per heavy atom. The van der Waals surface area contributed by atoms with Gasteiger partial charge in [0.2, 0.25) is 0 Å². The highest BCUT2D eigenvalue weighted by Gasteiger charge is 2.06. The Hall–Kier alpha value is -1.24. The minimum absolute atomic E-state index is 0.647. The molecule has 0 atom stereocenters. The summed E-state index contributed by atoms with van der Waals surface area (Å²) in [6.45, 7) is 1.95. The Labute approximate surface area is 108 Å². The highest BCUT2D eigenvalue weighted by Crippen LogP contribution is 2.18. The van der Waals surface area contributed by atoms with Crippen LogP contribution in [0, 0.1) is 10.5 Å². The van der Waals surface area contributed by atoms with Gasteiger partial charge in [-0.2, -0.15) is 0 Å². The number of aryl methyl sites for hydroxylation is 1. The zero-order chi connectivity index (χ0) is 11.5. The van der Waals surface area contributed by atoms with Gasteiger partial charge in [-0.05, 0) is 41.6 Å². The third-order valence-electron chi connectivity index (χ3n) is 2.10. The first-order valence-corrected chi connectivity index (χ1v) is 5.93. The molecule has 2 aromatic rings. The first-order valence-electron chi connectivity index (χ1n) is 4.85. The number of pyridine rings is 1. The van der Waals surface area contributed by atoms with Gasteiger partial charge in [-0.1, -0.05) is 6.07 Å². The summed E-state index contributed by atoms with van der Waals surface area (Å²) in [5.41, 5.74) is 1.76. The van der Waals surface area contributed by atoms with Gasteiger partial charge in [0.05, 0.1) is 3.57 Å². The van der Waals surface area contributed by atoms with Gasteiger partial charge in [0, 0.05) is 18.9 Å². The fraction of sp³-hybridized carbons (Fsp3) is 0.182. The van der Waals surface area contributed by atoms with Gasteiger partial charge in [-0.3, -0.25) is 0 Å². The maximum atomic E-state index is 4.41. The lowest BCUT2D eigenvalue weighted by atomic mass is 10.3. The first-order chi connectivity index (χ1) is 7.70. The highest BCUT2D eigenvalue weighted by molar-refractivity contribution is 14.1. The lowest BCUT2D eigenvalue weighted by Crippen LogP contribution is -2.00. The second-order valence-corrected chi connectivity index (χ2v) is 4.47. The molecule has 0 bridgehead atoms. The van der Waals surface area contributed by atoms with Crippen LogP contribution in [0.2, 0.25) is 0 Å². The Kier molecular flexibility index (Phi) is 3.33. The number of nitrogens with zero attached hydrogens (tertiary/aromatic N) is 3. The molecule has 0 spiro atoms. The smallest absolute Gasteiger partial charge is 0.180 e. The molecule has 2 heterocycles. The van der Waals surface area contributed by atoms with Crippen LogP contribution in [-0.2, 0) is 0 Å². The van der Waals surface area contributed by atoms with E-state index < -0.39 is 0 Å². The molecule has 2 aromatic heterocycles. The summed E-state index contributed by atoms with van der Waals surface area (Å²) in [5, 5.41) is 3.03. The van der Waals surface area contributed by atoms with Gasteiger partial charge in [-0.15, -0.1) is 0 Å². The number of hydrogen-bond donors (Lipinski definition) is 1. The van der Waals surface area contributed by atoms with Gasteiger partial charge < -0.3 is 5.32 Å². The van der Waals surface area contributed by atoms with Crippen molar-refractivity contribution in [3.05, 3.63) is 33.7 Å². The summed E-state index contributed by atoms with van der Waals surface area (Å²) >= 11 is 2.20. The van der Waals surface area contributed by atoms with Crippen molar-refractivity contribution in [2.24, 2.45) is 0 Å². The molecule has 2 rings (SSSR count). The molecule has 0 aromatic carbocycles. The van der Waals surface area contributed by atoms with Crippen molar-refractivity contribution in [3.63, 3.8) is 0 Å². The van der Waals surface area contributed by atoms with Crippen LogP contribution in [0.5, 0.6) is 0 Å². The van der Waals surface area contributed by atoms with Crippen molar-refractivity contribution in [1.29, 1.82) is 0 Å². The molecule has 16 heavy (non-hydrogen) atoms. The van der Waals surface area contributed by atoms with Gasteiger partial charge in [-0.25, -0.2) is 15.0 Å². The first kappa shape index (κ1) is 11.3. The monoisotopic (exact) mass is 326 g/mol. The summed E-state index contributed by atoms with van der Waals surface area (Å²) < 4.78 is 0.997. The zero-order valence-corrected chi connectivity index (χ0v) is 11.2. The topological polar surface area (TPSA) is 50.7 Å². The van der Waals surface area contributed by atoms with Crippen LogP contribution in [0.25, 0.3) is 11.5 Å². The Bertz CT molecular complexity index is 513. The molecule has 0 saturated carbocycles. The fourth-order valence-electron chi connectivity index (χ4n) is 1.33. The number of hydrogen-bond acceptors (Lipinski definition) is 4. The Balaban J connectivity index is 2.48. The zero-order valence-electron chi connectivity index (χ0n) is 9.03. The average molecular weight is 326 g/mol. The van der Waals surface area contributed by atoms with Crippen molar-refractivity contribution >= 4 is 28.4 Å². The van der Waals surface area contributed by atoms with E-state index in [1.807, 2.05) is 32.2 Å². The van der Waals surface area contributed by atoms with Crippen LogP contribution in [0.3, 0.4) is 0 Å². The largest absolute Gasteiger partial charge is 0.372 e. The molecular formula is C11H11IN4. The van der Waals surface area contributed by atoms with Crippen molar-refractivity contribution in [2.75, 3.05) is 12.4 Å². The molecule has 0 aliphatic heterocycles. The fourth-order valence-corrected chi connectivity index (χ4v) is 1.86. The summed E-state index contributed by atoms with van der Waals surface area (Å²) in [6.07, 6.45) is 1.79. The average Bonchev–Trinajstić information content (AvgIpc) is 2.29. The summed E-state index contributed by atoms with van der Waals surface area (Å²) in [6, 6.07) is 5.82. The molecule has 0 aliphatic rings. The van der Waals surface area contributed by atoms with Gasteiger partial charge in [0.15, 0.2) is 5.82 Å². The van der Waals surface area contributed by atoms with Crippen LogP contribution in [-0.4, -0.2) is 22.0 Å². The third-order valence-corrected chi connectivity index (χ3v) is 2.89. The van der Waals surface area contributed by atoms with E-state index in [0.29, 0.717) is 5.82 Å². The van der Waals surface area contributed by atoms with E-state index in [-0.39, 0.29) is 0 Å². The van der Waals surface area contributed by atoms with Crippen LogP contribution < -0.4 is 5.32 Å². The molecule has 0 aliphatic carbocycles. The number of anilines is 1. The minimum atomic E-state index is 0.647. The minimum Gasteiger partial charge on any atom is -0.372 e. The molecule has 0 fully saturated rings. The maximum absolute atomic E-state index is 4.41. The lowest BCUT2D eigenvalue weighted by Gasteiger charge is -2.05. The van der Waals surface area contributed by atoms with E-state index in [9.17, 15) is 0 Å². The van der Waals surface area contributed by atoms with Crippen molar-refractivity contribution < 1.29 is 0 Å². The van der Waals surface area contributed by atoms with Crippen LogP contribution in [0.4, 0.5) is 5.82 Å². The van der Waals surface area contributed by atoms with E-state index in [1.165, 1.54) is 0 Å². The second kappa shape index (κ2) is 4.73. The number of aromatic nitrogens is 3. The molecule has 0 saturated heterocycles. The van der Waals surface area contributed by atoms with E-state index in [2.05, 4.69) is 42.9 Å². The van der Waals surface area contributed by atoms with Crippen LogP contribution in [0.1, 0.15) is 5.69 Å². The van der Waals surface area contributed by atoms with Gasteiger partial charge >= 0.3 is 0 Å². The Morgan fingerprint density at radius 1 is 1.25 bits per heavy atom. The maximum Gasteiger partial charge on any atom is 0.180 e. The number of halogens is 1. The summed E-state index contributed by atoms with van der Waals surface area (Å²) in [4.78, 5) is 13.1. The van der Waals surface area contributed by atoms with E-state index in [0.717, 1.165) is 20.8 Å². The molecule has 82 valence electrons. The molecule has 5 heteroatoms. The molecule has 0 unspecified atom stereocenters. The van der Waals surface area contributed by atoms with E-state index in [1.54, 1.807) is 6.20 Å². The van der Waals surface area contributed by atoms with Crippen molar-refractivity contribution in [2.45, 2.75) is 6.92 Å². The lowest BCUT2D eigenvalue weighted by molar-refractivity contribution is 1.10. The van der Waals surface area contributed by atoms with Crippen molar-refractivity contribution in [1.82, 2.24) is 15.0 Å². The normalized spacial score (nSPS) is 10.2. The highest BCUT2D eigenvalue weighted by atomic mass is 127. The van der Waals surface area contributed by atoms with Gasteiger partial charge in [0.25, 0.3) is 0 Å². The van der Waals surface area contributed by atoms with Crippen molar-refractivity contribution in [3.8, 4) is 11.5 Å². The quantitative estimate of drug-likeness (QED) is 0.862. The van der Waals surface area contributed by atoms with E-state index >= 15 is 0 Å².